The molecule has 0 unspecified atom stereocenters. The third-order valence-electron chi connectivity index (χ3n) is 4.86. The van der Waals surface area contributed by atoms with Gasteiger partial charge in [-0.1, -0.05) is 47.5 Å². The van der Waals surface area contributed by atoms with Crippen LogP contribution in [0.4, 0.5) is 11.4 Å². The van der Waals surface area contributed by atoms with Crippen molar-refractivity contribution in [2.45, 2.75) is 6.92 Å². The third-order valence-corrected chi connectivity index (χ3v) is 5.47. The highest BCUT2D eigenvalue weighted by Crippen LogP contribution is 2.37. The molecule has 0 aromatic heterocycles. The quantitative estimate of drug-likeness (QED) is 0.243. The summed E-state index contributed by atoms with van der Waals surface area (Å²) in [6, 6.07) is 18.6. The monoisotopic (exact) mass is 539 g/mol. The zero-order chi connectivity index (χ0) is 26.8. The number of anilines is 2. The van der Waals surface area contributed by atoms with Gasteiger partial charge < -0.3 is 24.8 Å². The maximum Gasteiger partial charge on any atom is 0.266 e. The highest BCUT2D eigenvalue weighted by atomic mass is 35.5. The standard InChI is InChI=1S/C27H23Cl2N3O5/c1-3-36-24-14-17(12-18(15-30)27(34)32-21-9-5-4-8-19(21)28)13-20(29)26(24)37-16-25(33)31-22-10-6-7-11-23(22)35-2/h4-14H,3,16H2,1-2H3,(H,31,33)(H,32,34)/b18-12+. The zero-order valence-corrected chi connectivity index (χ0v) is 21.5. The third kappa shape index (κ3) is 7.40. The molecule has 0 bridgehead atoms. The fourth-order valence-electron chi connectivity index (χ4n) is 3.21. The Kier molecular flexibility index (Phi) is 9.78. The van der Waals surface area contributed by atoms with Crippen LogP contribution in [0.1, 0.15) is 12.5 Å². The average molecular weight is 540 g/mol. The molecule has 3 aromatic carbocycles. The van der Waals surface area contributed by atoms with E-state index in [2.05, 4.69) is 10.6 Å². The van der Waals surface area contributed by atoms with Crippen molar-refractivity contribution in [1.82, 2.24) is 0 Å². The summed E-state index contributed by atoms with van der Waals surface area (Å²) in [7, 11) is 1.50. The maximum absolute atomic E-state index is 12.6. The molecule has 37 heavy (non-hydrogen) atoms. The number of rotatable bonds is 10. The van der Waals surface area contributed by atoms with Crippen LogP contribution in [0.15, 0.2) is 66.2 Å². The number of hydrogen-bond acceptors (Lipinski definition) is 6. The molecule has 3 rings (SSSR count). The van der Waals surface area contributed by atoms with Crippen LogP contribution in [0.2, 0.25) is 10.0 Å². The molecule has 0 aliphatic heterocycles. The highest BCUT2D eigenvalue weighted by Gasteiger charge is 2.17. The van der Waals surface area contributed by atoms with Gasteiger partial charge in [-0.05, 0) is 55.0 Å². The topological polar surface area (TPSA) is 110 Å². The number of carbonyl (C=O) groups excluding carboxylic acids is 2. The summed E-state index contributed by atoms with van der Waals surface area (Å²) in [5, 5.41) is 15.3. The SMILES string of the molecule is CCOc1cc(/C=C(\C#N)C(=O)Nc2ccccc2Cl)cc(Cl)c1OCC(=O)Nc1ccccc1OC. The van der Waals surface area contributed by atoms with Crippen LogP contribution in [-0.4, -0.2) is 32.1 Å². The number of ether oxygens (including phenoxy) is 3. The first-order valence-corrected chi connectivity index (χ1v) is 11.8. The van der Waals surface area contributed by atoms with Gasteiger partial charge in [0.25, 0.3) is 11.8 Å². The molecule has 2 N–H and O–H groups in total. The Bertz CT molecular complexity index is 1370. The molecule has 0 aliphatic rings. The van der Waals surface area contributed by atoms with E-state index in [0.717, 1.165) is 0 Å². The number of nitrogens with one attached hydrogen (secondary N) is 2. The molecule has 0 heterocycles. The van der Waals surface area contributed by atoms with Crippen LogP contribution in [0.3, 0.4) is 0 Å². The van der Waals surface area contributed by atoms with Gasteiger partial charge >= 0.3 is 0 Å². The first kappa shape index (κ1) is 27.4. The fraction of sp³-hybridized carbons (Fsp3) is 0.148. The second kappa shape index (κ2) is 13.2. The summed E-state index contributed by atoms with van der Waals surface area (Å²) >= 11 is 12.5. The van der Waals surface area contributed by atoms with E-state index >= 15 is 0 Å². The summed E-state index contributed by atoms with van der Waals surface area (Å²) in [4.78, 5) is 25.1. The van der Waals surface area contributed by atoms with E-state index in [0.29, 0.717) is 27.7 Å². The number of para-hydroxylation sites is 3. The number of carbonyl (C=O) groups is 2. The molecular formula is C27H23Cl2N3O5. The van der Waals surface area contributed by atoms with E-state index in [1.54, 1.807) is 61.5 Å². The fourth-order valence-corrected chi connectivity index (χ4v) is 3.67. The van der Waals surface area contributed by atoms with Crippen LogP contribution in [0, 0.1) is 11.3 Å². The number of methoxy groups -OCH3 is 1. The first-order valence-electron chi connectivity index (χ1n) is 11.1. The van der Waals surface area contributed by atoms with Crippen LogP contribution in [0.5, 0.6) is 17.2 Å². The Morgan fingerprint density at radius 3 is 2.32 bits per heavy atom. The van der Waals surface area contributed by atoms with E-state index in [-0.39, 0.29) is 35.3 Å². The number of hydrogen-bond donors (Lipinski definition) is 2. The van der Waals surface area contributed by atoms with E-state index in [1.807, 2.05) is 6.07 Å². The molecule has 190 valence electrons. The summed E-state index contributed by atoms with van der Waals surface area (Å²) in [5.41, 5.74) is 1.11. The van der Waals surface area contributed by atoms with Crippen molar-refractivity contribution in [2.75, 3.05) is 31.0 Å². The van der Waals surface area contributed by atoms with Crippen molar-refractivity contribution in [3.05, 3.63) is 81.8 Å². The van der Waals surface area contributed by atoms with E-state index in [9.17, 15) is 14.9 Å². The van der Waals surface area contributed by atoms with Crippen LogP contribution >= 0.6 is 23.2 Å². The normalized spacial score (nSPS) is 10.7. The minimum Gasteiger partial charge on any atom is -0.495 e. The molecule has 0 radical (unpaired) electrons. The highest BCUT2D eigenvalue weighted by molar-refractivity contribution is 6.34. The molecule has 0 saturated heterocycles. The molecular weight excluding hydrogens is 517 g/mol. The Labute approximate surface area is 224 Å². The minimum absolute atomic E-state index is 0.131. The maximum atomic E-state index is 12.6. The largest absolute Gasteiger partial charge is 0.495 e. The summed E-state index contributed by atoms with van der Waals surface area (Å²) < 4.78 is 16.5. The van der Waals surface area contributed by atoms with Gasteiger partial charge in [-0.2, -0.15) is 5.26 Å². The molecule has 0 atom stereocenters. The Hall–Kier alpha value is -4.19. The average Bonchev–Trinajstić information content (AvgIpc) is 2.88. The Morgan fingerprint density at radius 1 is 0.946 bits per heavy atom. The van der Waals surface area contributed by atoms with Crippen molar-refractivity contribution in [2.24, 2.45) is 0 Å². The van der Waals surface area contributed by atoms with Crippen molar-refractivity contribution in [3.8, 4) is 23.3 Å². The van der Waals surface area contributed by atoms with Gasteiger partial charge in [-0.25, -0.2) is 0 Å². The van der Waals surface area contributed by atoms with Gasteiger partial charge in [0.2, 0.25) is 0 Å². The molecule has 0 spiro atoms. The number of halogens is 2. The lowest BCUT2D eigenvalue weighted by Gasteiger charge is -2.15. The molecule has 0 fully saturated rings. The molecule has 3 aromatic rings. The number of nitriles is 1. The minimum atomic E-state index is -0.641. The van der Waals surface area contributed by atoms with Crippen molar-refractivity contribution in [1.29, 1.82) is 5.26 Å². The predicted octanol–water partition coefficient (Wildman–Crippen LogP) is 5.96. The van der Waals surface area contributed by atoms with Crippen LogP contribution < -0.4 is 24.8 Å². The summed E-state index contributed by atoms with van der Waals surface area (Å²) in [6.45, 7) is 1.70. The van der Waals surface area contributed by atoms with Crippen molar-refractivity contribution in [3.63, 3.8) is 0 Å². The van der Waals surface area contributed by atoms with E-state index in [1.165, 1.54) is 19.3 Å². The van der Waals surface area contributed by atoms with Gasteiger partial charge in [0.05, 0.1) is 35.1 Å². The molecule has 0 aliphatic carbocycles. The number of amides is 2. The van der Waals surface area contributed by atoms with Gasteiger partial charge in [0.15, 0.2) is 18.1 Å². The summed E-state index contributed by atoms with van der Waals surface area (Å²) in [6.07, 6.45) is 1.36. The van der Waals surface area contributed by atoms with Crippen LogP contribution in [0.25, 0.3) is 6.08 Å². The second-order valence-electron chi connectivity index (χ2n) is 7.40. The molecule has 8 nitrogen and oxygen atoms in total. The Balaban J connectivity index is 1.78. The summed E-state index contributed by atoms with van der Waals surface area (Å²) in [5.74, 6) is -0.176. The van der Waals surface area contributed by atoms with Crippen molar-refractivity contribution < 1.29 is 23.8 Å². The molecule has 0 saturated carbocycles. The smallest absolute Gasteiger partial charge is 0.266 e. The number of nitrogens with zero attached hydrogens (tertiary/aromatic N) is 1. The Morgan fingerprint density at radius 2 is 1.65 bits per heavy atom. The van der Waals surface area contributed by atoms with Crippen molar-refractivity contribution >= 4 is 52.5 Å². The van der Waals surface area contributed by atoms with Gasteiger partial charge in [0, 0.05) is 0 Å². The van der Waals surface area contributed by atoms with Gasteiger partial charge in [-0.15, -0.1) is 0 Å². The lowest BCUT2D eigenvalue weighted by atomic mass is 10.1. The van der Waals surface area contributed by atoms with E-state index < -0.39 is 11.8 Å². The first-order chi connectivity index (χ1) is 17.9. The lowest BCUT2D eigenvalue weighted by Crippen LogP contribution is -2.21. The molecule has 2 amide bonds. The van der Waals surface area contributed by atoms with E-state index in [4.69, 9.17) is 37.4 Å². The van der Waals surface area contributed by atoms with Gasteiger partial charge in [-0.3, -0.25) is 9.59 Å². The van der Waals surface area contributed by atoms with Crippen LogP contribution in [-0.2, 0) is 9.59 Å². The lowest BCUT2D eigenvalue weighted by molar-refractivity contribution is -0.118. The van der Waals surface area contributed by atoms with Gasteiger partial charge in [0.1, 0.15) is 17.4 Å². The molecule has 10 heteroatoms. The predicted molar refractivity (Wildman–Crippen MR) is 143 cm³/mol. The number of benzene rings is 3. The zero-order valence-electron chi connectivity index (χ0n) is 20.0. The second-order valence-corrected chi connectivity index (χ2v) is 8.22.